The number of rotatable bonds is 8. The molecule has 0 atom stereocenters. The Kier molecular flexibility index (Phi) is 7.11. The fourth-order valence-electron chi connectivity index (χ4n) is 3.95. The van der Waals surface area contributed by atoms with Crippen LogP contribution in [-0.2, 0) is 17.9 Å². The fourth-order valence-corrected chi connectivity index (χ4v) is 3.95. The first-order valence-electron chi connectivity index (χ1n) is 11.0. The number of aryl methyl sites for hydroxylation is 1. The largest absolute Gasteiger partial charge is 0.327 e. The maximum atomic E-state index is 12.1. The van der Waals surface area contributed by atoms with Gasteiger partial charge in [-0.25, -0.2) is 4.98 Å². The number of fused-ring (bicyclic) bond motifs is 1. The van der Waals surface area contributed by atoms with Gasteiger partial charge in [0.25, 0.3) is 0 Å². The van der Waals surface area contributed by atoms with Gasteiger partial charge in [0, 0.05) is 18.7 Å². The Morgan fingerprint density at radius 1 is 1.29 bits per heavy atom. The molecule has 1 fully saturated rings. The monoisotopic (exact) mass is 384 g/mol. The smallest absolute Gasteiger partial charge is 0.224 e. The third-order valence-electron chi connectivity index (χ3n) is 5.68. The number of nitrogens with one attached hydrogen (secondary N) is 1. The number of carbonyl (C=O) groups is 1. The van der Waals surface area contributed by atoms with Gasteiger partial charge in [-0.1, -0.05) is 34.1 Å². The second-order valence-electron chi connectivity index (χ2n) is 8.84. The van der Waals surface area contributed by atoms with Crippen LogP contribution in [0.5, 0.6) is 0 Å². The van der Waals surface area contributed by atoms with Crippen molar-refractivity contribution in [1.82, 2.24) is 14.5 Å². The van der Waals surface area contributed by atoms with E-state index in [1.165, 1.54) is 24.8 Å². The lowest BCUT2D eigenvalue weighted by Crippen LogP contribution is -2.33. The van der Waals surface area contributed by atoms with Gasteiger partial charge in [0.2, 0.25) is 5.91 Å². The molecular weight excluding hydrogens is 348 g/mol. The van der Waals surface area contributed by atoms with Crippen LogP contribution >= 0.6 is 0 Å². The van der Waals surface area contributed by atoms with E-state index in [-0.39, 0.29) is 5.91 Å². The summed E-state index contributed by atoms with van der Waals surface area (Å²) in [7, 11) is 0. The average molecular weight is 385 g/mol. The average Bonchev–Trinajstić information content (AvgIpc) is 2.97. The number of nitrogens with zero attached hydrogens (tertiary/aromatic N) is 3. The minimum absolute atomic E-state index is 0.0717. The molecule has 0 saturated carbocycles. The third-order valence-corrected chi connectivity index (χ3v) is 5.68. The molecule has 1 amide bonds. The van der Waals surface area contributed by atoms with Crippen molar-refractivity contribution in [3.63, 3.8) is 0 Å². The molecule has 0 radical (unpaired) electrons. The molecule has 1 saturated heterocycles. The van der Waals surface area contributed by atoms with Gasteiger partial charge in [-0.2, -0.15) is 0 Å². The molecule has 0 unspecified atom stereocenters. The molecule has 5 heteroatoms. The molecule has 1 N–H and O–H groups in total. The molecule has 0 aliphatic carbocycles. The van der Waals surface area contributed by atoms with Crippen LogP contribution in [0.3, 0.4) is 0 Å². The molecule has 1 aliphatic rings. The van der Waals surface area contributed by atoms with Gasteiger partial charge in [0.1, 0.15) is 5.82 Å². The first-order chi connectivity index (χ1) is 13.5. The highest BCUT2D eigenvalue weighted by Gasteiger charge is 2.19. The van der Waals surface area contributed by atoms with E-state index in [4.69, 9.17) is 4.98 Å². The lowest BCUT2D eigenvalue weighted by molar-refractivity contribution is -0.116. The summed E-state index contributed by atoms with van der Waals surface area (Å²) >= 11 is 0. The normalized spacial score (nSPS) is 16.2. The molecule has 154 valence electrons. The zero-order chi connectivity index (χ0) is 20.1. The second kappa shape index (κ2) is 9.55. The predicted octanol–water partition coefficient (Wildman–Crippen LogP) is 5.05. The van der Waals surface area contributed by atoms with Crippen molar-refractivity contribution in [3.8, 4) is 0 Å². The van der Waals surface area contributed by atoms with Gasteiger partial charge in [-0.15, -0.1) is 0 Å². The summed E-state index contributed by atoms with van der Waals surface area (Å²) in [6, 6.07) is 6.15. The quantitative estimate of drug-likeness (QED) is 0.692. The van der Waals surface area contributed by atoms with Gasteiger partial charge < -0.3 is 9.88 Å². The van der Waals surface area contributed by atoms with Crippen molar-refractivity contribution < 1.29 is 4.79 Å². The standard InChI is InChI=1S/C23H36N4O/c1-5-6-11-27-21-8-7-19(24-23(28)14-17(2)3)15-20(21)25-22(27)16-26-12-9-18(4)10-13-26/h7-8,15,17-18H,5-6,9-14,16H2,1-4H3,(H,24,28). The summed E-state index contributed by atoms with van der Waals surface area (Å²) in [6.45, 7) is 12.9. The van der Waals surface area contributed by atoms with E-state index in [0.29, 0.717) is 12.3 Å². The van der Waals surface area contributed by atoms with Crippen LogP contribution in [0, 0.1) is 11.8 Å². The maximum Gasteiger partial charge on any atom is 0.224 e. The Bertz CT molecular complexity index is 787. The molecule has 3 rings (SSSR count). The van der Waals surface area contributed by atoms with E-state index < -0.39 is 0 Å². The van der Waals surface area contributed by atoms with E-state index in [0.717, 1.165) is 55.5 Å². The predicted molar refractivity (Wildman–Crippen MR) is 116 cm³/mol. The second-order valence-corrected chi connectivity index (χ2v) is 8.84. The molecule has 2 heterocycles. The third kappa shape index (κ3) is 5.34. The Balaban J connectivity index is 1.81. The number of likely N-dealkylation sites (tertiary alicyclic amines) is 1. The van der Waals surface area contributed by atoms with Crippen LogP contribution in [0.1, 0.15) is 65.6 Å². The summed E-state index contributed by atoms with van der Waals surface area (Å²) in [5.74, 6) is 2.43. The minimum atomic E-state index is 0.0717. The molecule has 1 aromatic carbocycles. The number of piperidine rings is 1. The van der Waals surface area contributed by atoms with Gasteiger partial charge in [0.05, 0.1) is 17.6 Å². The Morgan fingerprint density at radius 2 is 2.04 bits per heavy atom. The summed E-state index contributed by atoms with van der Waals surface area (Å²) in [5.41, 5.74) is 3.01. The molecule has 1 aliphatic heterocycles. The van der Waals surface area contributed by atoms with Gasteiger partial charge in [0.15, 0.2) is 0 Å². The van der Waals surface area contributed by atoms with Crippen molar-refractivity contribution in [2.45, 2.75) is 72.9 Å². The number of aromatic nitrogens is 2. The molecule has 28 heavy (non-hydrogen) atoms. The first-order valence-corrected chi connectivity index (χ1v) is 11.0. The van der Waals surface area contributed by atoms with Crippen LogP contribution in [0.4, 0.5) is 5.69 Å². The number of hydrogen-bond donors (Lipinski definition) is 1. The van der Waals surface area contributed by atoms with E-state index >= 15 is 0 Å². The topological polar surface area (TPSA) is 50.2 Å². The molecule has 0 bridgehead atoms. The number of hydrogen-bond acceptors (Lipinski definition) is 3. The van der Waals surface area contributed by atoms with Crippen molar-refractivity contribution in [3.05, 3.63) is 24.0 Å². The highest BCUT2D eigenvalue weighted by atomic mass is 16.1. The van der Waals surface area contributed by atoms with Crippen molar-refractivity contribution in [1.29, 1.82) is 0 Å². The highest BCUT2D eigenvalue weighted by molar-refractivity contribution is 5.93. The van der Waals surface area contributed by atoms with Gasteiger partial charge >= 0.3 is 0 Å². The first kappa shape index (κ1) is 20.8. The fraction of sp³-hybridized carbons (Fsp3) is 0.652. The van der Waals surface area contributed by atoms with E-state index in [1.807, 2.05) is 12.1 Å². The molecule has 0 spiro atoms. The Labute approximate surface area is 169 Å². The van der Waals surface area contributed by atoms with Crippen LogP contribution in [0.25, 0.3) is 11.0 Å². The lowest BCUT2D eigenvalue weighted by atomic mass is 9.99. The van der Waals surface area contributed by atoms with Crippen molar-refractivity contribution >= 4 is 22.6 Å². The zero-order valence-corrected chi connectivity index (χ0v) is 18.0. The highest BCUT2D eigenvalue weighted by Crippen LogP contribution is 2.24. The molecule has 2 aromatic rings. The number of carbonyl (C=O) groups excluding carboxylic acids is 1. The summed E-state index contributed by atoms with van der Waals surface area (Å²) in [5, 5.41) is 3.02. The number of unbranched alkanes of at least 4 members (excludes halogenated alkanes) is 1. The van der Waals surface area contributed by atoms with E-state index in [2.05, 4.69) is 48.5 Å². The van der Waals surface area contributed by atoms with E-state index in [1.54, 1.807) is 0 Å². The SMILES string of the molecule is CCCCn1c(CN2CCC(C)CC2)nc2cc(NC(=O)CC(C)C)ccc21. The number of amides is 1. The molecule has 5 nitrogen and oxygen atoms in total. The minimum Gasteiger partial charge on any atom is -0.327 e. The Morgan fingerprint density at radius 3 is 2.71 bits per heavy atom. The molecule has 1 aromatic heterocycles. The van der Waals surface area contributed by atoms with E-state index in [9.17, 15) is 4.79 Å². The van der Waals surface area contributed by atoms with Crippen LogP contribution in [0.15, 0.2) is 18.2 Å². The summed E-state index contributed by atoms with van der Waals surface area (Å²) in [4.78, 5) is 19.6. The number of anilines is 1. The number of imidazole rings is 1. The zero-order valence-electron chi connectivity index (χ0n) is 18.0. The van der Waals surface area contributed by atoms with Crippen molar-refractivity contribution in [2.75, 3.05) is 18.4 Å². The van der Waals surface area contributed by atoms with Crippen LogP contribution in [0.2, 0.25) is 0 Å². The lowest BCUT2D eigenvalue weighted by Gasteiger charge is -2.30. The summed E-state index contributed by atoms with van der Waals surface area (Å²) < 4.78 is 2.39. The van der Waals surface area contributed by atoms with Crippen molar-refractivity contribution in [2.24, 2.45) is 11.8 Å². The van der Waals surface area contributed by atoms with Crippen LogP contribution < -0.4 is 5.32 Å². The van der Waals surface area contributed by atoms with Gasteiger partial charge in [-0.3, -0.25) is 9.69 Å². The van der Waals surface area contributed by atoms with Crippen LogP contribution in [-0.4, -0.2) is 33.4 Å². The number of benzene rings is 1. The van der Waals surface area contributed by atoms with Gasteiger partial charge in [-0.05, 0) is 62.4 Å². The summed E-state index contributed by atoms with van der Waals surface area (Å²) in [6.07, 6.45) is 5.43. The molecular formula is C23H36N4O. The maximum absolute atomic E-state index is 12.1. The Hall–Kier alpha value is -1.88.